The average molecular weight is 273 g/mol. The SMILES string of the molecule is Cc1nn(C)c(C)c1CN1CCCC[C@H]1c1ccn[nH]1. The zero-order chi connectivity index (χ0) is 14.1. The van der Waals surface area contributed by atoms with Gasteiger partial charge in [0.15, 0.2) is 0 Å². The first-order valence-electron chi connectivity index (χ1n) is 7.39. The van der Waals surface area contributed by atoms with Gasteiger partial charge in [-0.25, -0.2) is 0 Å². The molecule has 0 aliphatic carbocycles. The summed E-state index contributed by atoms with van der Waals surface area (Å²) in [5, 5.41) is 11.8. The Kier molecular flexibility index (Phi) is 3.61. The molecular formula is C15H23N5. The van der Waals surface area contributed by atoms with Gasteiger partial charge in [-0.2, -0.15) is 10.2 Å². The number of aryl methyl sites for hydroxylation is 2. The van der Waals surface area contributed by atoms with Gasteiger partial charge in [0.2, 0.25) is 0 Å². The van der Waals surface area contributed by atoms with Crippen LogP contribution in [0, 0.1) is 13.8 Å². The molecule has 0 radical (unpaired) electrons. The second-order valence-corrected chi connectivity index (χ2v) is 5.77. The van der Waals surface area contributed by atoms with E-state index in [4.69, 9.17) is 0 Å². The van der Waals surface area contributed by atoms with Crippen molar-refractivity contribution in [1.82, 2.24) is 24.9 Å². The highest BCUT2D eigenvalue weighted by Gasteiger charge is 2.26. The summed E-state index contributed by atoms with van der Waals surface area (Å²) in [4.78, 5) is 2.56. The van der Waals surface area contributed by atoms with Crippen LogP contribution in [0.3, 0.4) is 0 Å². The lowest BCUT2D eigenvalue weighted by molar-refractivity contribution is 0.136. The van der Waals surface area contributed by atoms with Crippen LogP contribution in [0.25, 0.3) is 0 Å². The van der Waals surface area contributed by atoms with E-state index < -0.39 is 0 Å². The third-order valence-electron chi connectivity index (χ3n) is 4.52. The number of piperidine rings is 1. The van der Waals surface area contributed by atoms with Gasteiger partial charge in [0.25, 0.3) is 0 Å². The van der Waals surface area contributed by atoms with Crippen molar-refractivity contribution in [3.63, 3.8) is 0 Å². The van der Waals surface area contributed by atoms with Crippen molar-refractivity contribution in [2.24, 2.45) is 7.05 Å². The smallest absolute Gasteiger partial charge is 0.0641 e. The van der Waals surface area contributed by atoms with Crippen molar-refractivity contribution in [2.45, 2.75) is 45.7 Å². The molecule has 3 rings (SSSR count). The molecule has 2 aromatic rings. The van der Waals surface area contributed by atoms with Crippen LogP contribution in [-0.2, 0) is 13.6 Å². The molecule has 0 saturated carbocycles. The van der Waals surface area contributed by atoms with Crippen molar-refractivity contribution in [1.29, 1.82) is 0 Å². The van der Waals surface area contributed by atoms with E-state index in [-0.39, 0.29) is 0 Å². The van der Waals surface area contributed by atoms with Crippen LogP contribution in [0.15, 0.2) is 12.3 Å². The van der Waals surface area contributed by atoms with Gasteiger partial charge in [-0.1, -0.05) is 6.42 Å². The second-order valence-electron chi connectivity index (χ2n) is 5.77. The Morgan fingerprint density at radius 2 is 2.20 bits per heavy atom. The second kappa shape index (κ2) is 5.40. The largest absolute Gasteiger partial charge is 0.290 e. The van der Waals surface area contributed by atoms with Crippen LogP contribution in [0.1, 0.15) is 47.9 Å². The fraction of sp³-hybridized carbons (Fsp3) is 0.600. The normalized spacial score (nSPS) is 20.4. The van der Waals surface area contributed by atoms with Crippen LogP contribution in [0.4, 0.5) is 0 Å². The molecule has 0 aromatic carbocycles. The summed E-state index contributed by atoms with van der Waals surface area (Å²) in [6.45, 7) is 6.40. The predicted octanol–water partition coefficient (Wildman–Crippen LogP) is 2.49. The maximum atomic E-state index is 4.53. The van der Waals surface area contributed by atoms with Crippen molar-refractivity contribution >= 4 is 0 Å². The molecular weight excluding hydrogens is 250 g/mol. The van der Waals surface area contributed by atoms with Gasteiger partial charge in [-0.05, 0) is 39.3 Å². The summed E-state index contributed by atoms with van der Waals surface area (Å²) in [5.41, 5.74) is 5.04. The minimum Gasteiger partial charge on any atom is -0.290 e. The monoisotopic (exact) mass is 273 g/mol. The summed E-state index contributed by atoms with van der Waals surface area (Å²) in [6.07, 6.45) is 5.64. The maximum absolute atomic E-state index is 4.53. The molecule has 0 amide bonds. The number of nitrogens with zero attached hydrogens (tertiary/aromatic N) is 4. The number of aromatic amines is 1. The summed E-state index contributed by atoms with van der Waals surface area (Å²) in [7, 11) is 2.02. The molecule has 1 fully saturated rings. The van der Waals surface area contributed by atoms with Gasteiger partial charge in [-0.15, -0.1) is 0 Å². The van der Waals surface area contributed by atoms with Crippen LogP contribution in [0.2, 0.25) is 0 Å². The van der Waals surface area contributed by atoms with Gasteiger partial charge in [0, 0.05) is 31.0 Å². The highest BCUT2D eigenvalue weighted by molar-refractivity contribution is 5.24. The molecule has 5 heteroatoms. The number of H-pyrrole nitrogens is 1. The van der Waals surface area contributed by atoms with Crippen molar-refractivity contribution in [3.05, 3.63) is 34.9 Å². The van der Waals surface area contributed by atoms with Crippen molar-refractivity contribution < 1.29 is 0 Å². The number of aromatic nitrogens is 4. The van der Waals surface area contributed by atoms with E-state index in [1.54, 1.807) is 0 Å². The lowest BCUT2D eigenvalue weighted by atomic mass is 9.98. The molecule has 0 unspecified atom stereocenters. The van der Waals surface area contributed by atoms with E-state index in [0.717, 1.165) is 18.8 Å². The lowest BCUT2D eigenvalue weighted by Gasteiger charge is -2.35. The Labute approximate surface area is 120 Å². The molecule has 1 atom stereocenters. The van der Waals surface area contributed by atoms with E-state index >= 15 is 0 Å². The van der Waals surface area contributed by atoms with Gasteiger partial charge in [0.1, 0.15) is 0 Å². The Bertz CT molecular complexity index is 569. The molecule has 0 bridgehead atoms. The van der Waals surface area contributed by atoms with Gasteiger partial charge in [0.05, 0.1) is 17.4 Å². The standard InChI is InChI=1S/C15H23N5/c1-11-13(12(2)19(3)18-11)10-20-9-5-4-6-15(20)14-7-8-16-17-14/h7-8,15H,4-6,9-10H2,1-3H3,(H,16,17)/t15-/m0/s1. The van der Waals surface area contributed by atoms with E-state index in [1.807, 2.05) is 17.9 Å². The molecule has 1 aliphatic rings. The minimum atomic E-state index is 0.463. The topological polar surface area (TPSA) is 49.7 Å². The molecule has 1 aliphatic heterocycles. The Hall–Kier alpha value is -1.62. The molecule has 108 valence electrons. The van der Waals surface area contributed by atoms with Crippen LogP contribution >= 0.6 is 0 Å². The van der Waals surface area contributed by atoms with Gasteiger partial charge < -0.3 is 0 Å². The summed E-state index contributed by atoms with van der Waals surface area (Å²) in [6, 6.07) is 2.57. The quantitative estimate of drug-likeness (QED) is 0.934. The van der Waals surface area contributed by atoms with Gasteiger partial charge >= 0.3 is 0 Å². The Morgan fingerprint density at radius 3 is 2.85 bits per heavy atom. The first-order chi connectivity index (χ1) is 9.66. The zero-order valence-electron chi connectivity index (χ0n) is 12.6. The fourth-order valence-electron chi connectivity index (χ4n) is 3.23. The zero-order valence-corrected chi connectivity index (χ0v) is 12.6. The average Bonchev–Trinajstić information content (AvgIpc) is 3.04. The first-order valence-corrected chi connectivity index (χ1v) is 7.39. The van der Waals surface area contributed by atoms with Gasteiger partial charge in [-0.3, -0.25) is 14.7 Å². The molecule has 1 saturated heterocycles. The lowest BCUT2D eigenvalue weighted by Crippen LogP contribution is -2.33. The predicted molar refractivity (Wildman–Crippen MR) is 78.3 cm³/mol. The fourth-order valence-corrected chi connectivity index (χ4v) is 3.23. The van der Waals surface area contributed by atoms with E-state index in [0.29, 0.717) is 6.04 Å². The summed E-state index contributed by atoms with van der Waals surface area (Å²) >= 11 is 0. The highest BCUT2D eigenvalue weighted by Crippen LogP contribution is 2.31. The van der Waals surface area contributed by atoms with E-state index in [2.05, 4.69) is 40.1 Å². The highest BCUT2D eigenvalue weighted by atomic mass is 15.3. The van der Waals surface area contributed by atoms with Crippen LogP contribution in [0.5, 0.6) is 0 Å². The van der Waals surface area contributed by atoms with E-state index in [1.165, 1.54) is 36.2 Å². The number of rotatable bonds is 3. The van der Waals surface area contributed by atoms with Crippen LogP contribution < -0.4 is 0 Å². The molecule has 1 N–H and O–H groups in total. The first kappa shape index (κ1) is 13.4. The van der Waals surface area contributed by atoms with Crippen LogP contribution in [-0.4, -0.2) is 31.4 Å². The number of hydrogen-bond acceptors (Lipinski definition) is 3. The number of likely N-dealkylation sites (tertiary alicyclic amines) is 1. The Morgan fingerprint density at radius 1 is 1.35 bits per heavy atom. The van der Waals surface area contributed by atoms with Crippen molar-refractivity contribution in [3.8, 4) is 0 Å². The molecule has 0 spiro atoms. The third-order valence-corrected chi connectivity index (χ3v) is 4.52. The van der Waals surface area contributed by atoms with E-state index in [9.17, 15) is 0 Å². The van der Waals surface area contributed by atoms with Crippen molar-refractivity contribution in [2.75, 3.05) is 6.54 Å². The summed E-state index contributed by atoms with van der Waals surface area (Å²) in [5.74, 6) is 0. The maximum Gasteiger partial charge on any atom is 0.0641 e. The number of nitrogens with one attached hydrogen (secondary N) is 1. The third kappa shape index (κ3) is 2.38. The molecule has 5 nitrogen and oxygen atoms in total. The summed E-state index contributed by atoms with van der Waals surface area (Å²) < 4.78 is 1.99. The molecule has 3 heterocycles. The molecule has 20 heavy (non-hydrogen) atoms. The number of hydrogen-bond donors (Lipinski definition) is 1. The molecule has 2 aromatic heterocycles. The minimum absolute atomic E-state index is 0.463. The Balaban J connectivity index is 1.84.